The summed E-state index contributed by atoms with van der Waals surface area (Å²) in [6, 6.07) is 0. The summed E-state index contributed by atoms with van der Waals surface area (Å²) in [6.45, 7) is 1.87. The van der Waals surface area contributed by atoms with Crippen molar-refractivity contribution in [2.24, 2.45) is 0 Å². The third-order valence-electron chi connectivity index (χ3n) is 1.70. The molecule has 0 bridgehead atoms. The van der Waals surface area contributed by atoms with Crippen molar-refractivity contribution in [1.29, 1.82) is 0 Å². The van der Waals surface area contributed by atoms with Crippen LogP contribution in [0.3, 0.4) is 0 Å². The van der Waals surface area contributed by atoms with Gasteiger partial charge in [0.15, 0.2) is 5.82 Å². The van der Waals surface area contributed by atoms with Gasteiger partial charge in [0, 0.05) is 5.38 Å². The Balaban J connectivity index is 2.57. The predicted octanol–water partition coefficient (Wildman–Crippen LogP) is 2.25. The third-order valence-corrected chi connectivity index (χ3v) is 3.27. The molecule has 4 nitrogen and oxygen atoms in total. The number of thiazole rings is 1. The van der Waals surface area contributed by atoms with E-state index in [1.165, 1.54) is 11.3 Å². The summed E-state index contributed by atoms with van der Waals surface area (Å²) in [5.41, 5.74) is 9.03. The summed E-state index contributed by atoms with van der Waals surface area (Å²) in [5, 5.41) is 1.89. The molecule has 2 heterocycles. The Kier molecular flexibility index (Phi) is 2.47. The number of nitrogens with zero attached hydrogens (tertiary/aromatic N) is 3. The van der Waals surface area contributed by atoms with Crippen LogP contribution in [0.25, 0.3) is 11.5 Å². The molecule has 0 aliphatic carbocycles. The minimum absolute atomic E-state index is 0.445. The summed E-state index contributed by atoms with van der Waals surface area (Å²) in [6.07, 6.45) is 0. The van der Waals surface area contributed by atoms with Crippen LogP contribution >= 0.6 is 27.3 Å². The van der Waals surface area contributed by atoms with Crippen molar-refractivity contribution in [2.75, 3.05) is 5.73 Å². The summed E-state index contributed by atoms with van der Waals surface area (Å²) < 4.78 is 0.747. The van der Waals surface area contributed by atoms with Crippen molar-refractivity contribution in [1.82, 2.24) is 15.0 Å². The van der Waals surface area contributed by atoms with Crippen molar-refractivity contribution in [3.63, 3.8) is 0 Å². The molecule has 2 aromatic rings. The van der Waals surface area contributed by atoms with Crippen LogP contribution in [0.5, 0.6) is 0 Å². The number of nitrogens with two attached hydrogens (primary N) is 1. The van der Waals surface area contributed by atoms with Crippen molar-refractivity contribution in [3.05, 3.63) is 21.1 Å². The summed E-state index contributed by atoms with van der Waals surface area (Å²) in [5.74, 6) is 1.02. The molecule has 0 unspecified atom stereocenters. The second kappa shape index (κ2) is 3.62. The minimum Gasteiger partial charge on any atom is -0.383 e. The highest BCUT2D eigenvalue weighted by atomic mass is 79.9. The molecular weight excluding hydrogens is 264 g/mol. The van der Waals surface area contributed by atoms with Crippen molar-refractivity contribution < 1.29 is 0 Å². The lowest BCUT2D eigenvalue weighted by molar-refractivity contribution is 1.09. The largest absolute Gasteiger partial charge is 0.383 e. The molecule has 0 saturated heterocycles. The van der Waals surface area contributed by atoms with E-state index in [0.29, 0.717) is 11.6 Å². The molecule has 0 aliphatic heterocycles. The summed E-state index contributed by atoms with van der Waals surface area (Å²) >= 11 is 4.82. The van der Waals surface area contributed by atoms with E-state index >= 15 is 0 Å². The molecule has 0 aliphatic rings. The molecule has 0 amide bonds. The fourth-order valence-corrected chi connectivity index (χ4v) is 1.73. The van der Waals surface area contributed by atoms with Gasteiger partial charge in [0.25, 0.3) is 0 Å². The van der Waals surface area contributed by atoms with E-state index in [1.807, 2.05) is 12.3 Å². The monoisotopic (exact) mass is 270 g/mol. The fraction of sp³-hybridized carbons (Fsp3) is 0.125. The van der Waals surface area contributed by atoms with Gasteiger partial charge in [0.1, 0.15) is 11.5 Å². The Morgan fingerprint density at radius 1 is 1.43 bits per heavy atom. The maximum Gasteiger partial charge on any atom is 0.181 e. The van der Waals surface area contributed by atoms with Crippen molar-refractivity contribution in [3.8, 4) is 11.5 Å². The van der Waals surface area contributed by atoms with Gasteiger partial charge in [-0.2, -0.15) is 0 Å². The molecule has 0 radical (unpaired) electrons. The van der Waals surface area contributed by atoms with Gasteiger partial charge in [-0.3, -0.25) is 0 Å². The van der Waals surface area contributed by atoms with E-state index in [9.17, 15) is 0 Å². The fourth-order valence-electron chi connectivity index (χ4n) is 1.02. The maximum absolute atomic E-state index is 5.71. The van der Waals surface area contributed by atoms with Gasteiger partial charge in [0.2, 0.25) is 0 Å². The molecule has 2 N–H and O–H groups in total. The Morgan fingerprint density at radius 3 is 2.79 bits per heavy atom. The van der Waals surface area contributed by atoms with Crippen LogP contribution in [-0.4, -0.2) is 15.0 Å². The quantitative estimate of drug-likeness (QED) is 0.864. The Labute approximate surface area is 93.4 Å². The number of aryl methyl sites for hydroxylation is 1. The average Bonchev–Trinajstić information content (AvgIpc) is 2.66. The van der Waals surface area contributed by atoms with E-state index in [0.717, 1.165) is 15.9 Å². The molecule has 0 fully saturated rings. The van der Waals surface area contributed by atoms with Gasteiger partial charge in [-0.1, -0.05) is 0 Å². The molecule has 0 aromatic carbocycles. The van der Waals surface area contributed by atoms with Crippen LogP contribution in [0.2, 0.25) is 0 Å². The normalized spacial score (nSPS) is 10.4. The molecule has 0 spiro atoms. The van der Waals surface area contributed by atoms with Crippen molar-refractivity contribution in [2.45, 2.75) is 6.92 Å². The zero-order chi connectivity index (χ0) is 10.1. The lowest BCUT2D eigenvalue weighted by atomic mass is 10.4. The Hall–Kier alpha value is -1.01. The number of anilines is 1. The van der Waals surface area contributed by atoms with Crippen LogP contribution in [0.15, 0.2) is 15.4 Å². The second-order valence-corrected chi connectivity index (χ2v) is 4.22. The SMILES string of the molecule is Cc1nc(-c2cscn2)nc(N)c1Br. The summed E-state index contributed by atoms with van der Waals surface area (Å²) in [4.78, 5) is 12.5. The number of hydrogen-bond acceptors (Lipinski definition) is 5. The molecule has 2 rings (SSSR count). The van der Waals surface area contributed by atoms with E-state index < -0.39 is 0 Å². The Morgan fingerprint density at radius 2 is 2.21 bits per heavy atom. The maximum atomic E-state index is 5.71. The topological polar surface area (TPSA) is 64.7 Å². The molecule has 72 valence electrons. The van der Waals surface area contributed by atoms with Crippen LogP contribution in [0, 0.1) is 6.92 Å². The van der Waals surface area contributed by atoms with Crippen LogP contribution in [0.4, 0.5) is 5.82 Å². The first-order chi connectivity index (χ1) is 6.68. The highest BCUT2D eigenvalue weighted by Gasteiger charge is 2.09. The van der Waals surface area contributed by atoms with Crippen LogP contribution in [-0.2, 0) is 0 Å². The summed E-state index contributed by atoms with van der Waals surface area (Å²) in [7, 11) is 0. The average molecular weight is 271 g/mol. The van der Waals surface area contributed by atoms with Gasteiger partial charge in [-0.05, 0) is 22.9 Å². The molecule has 0 atom stereocenters. The van der Waals surface area contributed by atoms with E-state index in [2.05, 4.69) is 30.9 Å². The lowest BCUT2D eigenvalue weighted by Crippen LogP contribution is -1.99. The zero-order valence-electron chi connectivity index (χ0n) is 7.36. The van der Waals surface area contributed by atoms with Crippen LogP contribution < -0.4 is 5.73 Å². The van der Waals surface area contributed by atoms with Gasteiger partial charge in [-0.15, -0.1) is 11.3 Å². The minimum atomic E-state index is 0.445. The van der Waals surface area contributed by atoms with Crippen LogP contribution in [0.1, 0.15) is 5.69 Å². The van der Waals surface area contributed by atoms with Gasteiger partial charge in [0.05, 0.1) is 15.7 Å². The Bertz CT molecular complexity index is 431. The van der Waals surface area contributed by atoms with Gasteiger partial charge < -0.3 is 5.73 Å². The van der Waals surface area contributed by atoms with E-state index in [-0.39, 0.29) is 0 Å². The third kappa shape index (κ3) is 1.62. The first-order valence-corrected chi connectivity index (χ1v) is 5.60. The highest BCUT2D eigenvalue weighted by Crippen LogP contribution is 2.24. The standard InChI is InChI=1S/C8H7BrN4S/c1-4-6(9)7(10)13-8(12-4)5-2-14-3-11-5/h2-3H,1H3,(H2,10,12,13). The first-order valence-electron chi connectivity index (χ1n) is 3.86. The lowest BCUT2D eigenvalue weighted by Gasteiger charge is -2.03. The molecule has 6 heteroatoms. The van der Waals surface area contributed by atoms with E-state index in [1.54, 1.807) is 5.51 Å². The number of nitrogen functional groups attached to an aromatic ring is 1. The smallest absolute Gasteiger partial charge is 0.181 e. The zero-order valence-corrected chi connectivity index (χ0v) is 9.76. The number of hydrogen-bond donors (Lipinski definition) is 1. The predicted molar refractivity (Wildman–Crippen MR) is 60.0 cm³/mol. The molecule has 0 saturated carbocycles. The number of halogens is 1. The number of rotatable bonds is 1. The van der Waals surface area contributed by atoms with Gasteiger partial charge >= 0.3 is 0 Å². The molecular formula is C8H7BrN4S. The molecule has 14 heavy (non-hydrogen) atoms. The first kappa shape index (κ1) is 9.54. The van der Waals surface area contributed by atoms with E-state index in [4.69, 9.17) is 5.73 Å². The number of aromatic nitrogens is 3. The van der Waals surface area contributed by atoms with Crippen molar-refractivity contribution >= 4 is 33.1 Å². The van der Waals surface area contributed by atoms with Gasteiger partial charge in [-0.25, -0.2) is 15.0 Å². The second-order valence-electron chi connectivity index (χ2n) is 2.71. The molecule has 2 aromatic heterocycles. The highest BCUT2D eigenvalue weighted by molar-refractivity contribution is 9.10.